The van der Waals surface area contributed by atoms with Crippen LogP contribution >= 0.6 is 0 Å². The third-order valence-corrected chi connectivity index (χ3v) is 6.73. The maximum atomic E-state index is 13.7. The number of nitriles is 1. The van der Waals surface area contributed by atoms with E-state index in [1.807, 2.05) is 24.3 Å². The number of fused-ring (bicyclic) bond motifs is 2. The number of amides is 2. The zero-order valence-corrected chi connectivity index (χ0v) is 20.7. The standard InChI is InChI=1S/C29H23N5O5/c30-12-18-2-1-3-19(10-18)15-37-28(35)26-22(6-4-17-5-7-24-25(11-17)39-16-38-24)33-29(36)34-27(26)21-13-32-23-14-31-9-8-20(21)23/h1-3,5,7-11,13-14,27,32H,4,6,15-16H2,(H2,33,34,36). The van der Waals surface area contributed by atoms with Crippen molar-refractivity contribution in [2.75, 3.05) is 6.79 Å². The number of hydrogen-bond acceptors (Lipinski definition) is 7. The minimum atomic E-state index is -0.750. The van der Waals surface area contributed by atoms with Gasteiger partial charge in [-0.15, -0.1) is 0 Å². The van der Waals surface area contributed by atoms with Crippen molar-refractivity contribution < 1.29 is 23.8 Å². The second-order valence-electron chi connectivity index (χ2n) is 9.16. The average Bonchev–Trinajstić information content (AvgIpc) is 3.61. The van der Waals surface area contributed by atoms with E-state index in [-0.39, 0.29) is 13.4 Å². The summed E-state index contributed by atoms with van der Waals surface area (Å²) in [7, 11) is 0. The molecule has 0 radical (unpaired) electrons. The number of aryl methyl sites for hydroxylation is 1. The fourth-order valence-electron chi connectivity index (χ4n) is 4.85. The van der Waals surface area contributed by atoms with Crippen molar-refractivity contribution in [3.63, 3.8) is 0 Å². The molecule has 0 saturated carbocycles. The van der Waals surface area contributed by atoms with Crippen molar-refractivity contribution in [2.45, 2.75) is 25.5 Å². The molecule has 3 N–H and O–H groups in total. The third kappa shape index (κ3) is 4.85. The molecule has 1 atom stereocenters. The fourth-order valence-corrected chi connectivity index (χ4v) is 4.85. The van der Waals surface area contributed by atoms with Crippen molar-refractivity contribution in [1.82, 2.24) is 20.6 Å². The van der Waals surface area contributed by atoms with E-state index >= 15 is 0 Å². The normalized spacial score (nSPS) is 16.0. The van der Waals surface area contributed by atoms with Crippen molar-refractivity contribution in [1.29, 1.82) is 5.26 Å². The molecule has 2 aliphatic rings. The molecule has 4 heterocycles. The Morgan fingerprint density at radius 3 is 2.90 bits per heavy atom. The van der Waals surface area contributed by atoms with Gasteiger partial charge >= 0.3 is 12.0 Å². The Labute approximate surface area is 223 Å². The van der Waals surface area contributed by atoms with Crippen LogP contribution in [0.25, 0.3) is 10.9 Å². The van der Waals surface area contributed by atoms with Crippen molar-refractivity contribution in [2.24, 2.45) is 0 Å². The highest BCUT2D eigenvalue weighted by Gasteiger charge is 2.35. The molecule has 2 aromatic heterocycles. The first kappa shape index (κ1) is 24.1. The maximum Gasteiger partial charge on any atom is 0.338 e. The van der Waals surface area contributed by atoms with Gasteiger partial charge in [-0.05, 0) is 54.3 Å². The zero-order chi connectivity index (χ0) is 26.8. The Balaban J connectivity index is 1.34. The average molecular weight is 522 g/mol. The number of H-pyrrole nitrogens is 1. The summed E-state index contributed by atoms with van der Waals surface area (Å²) in [6.07, 6.45) is 6.03. The smallest absolute Gasteiger partial charge is 0.338 e. The number of rotatable bonds is 7. The molecule has 0 fully saturated rings. The number of nitrogens with zero attached hydrogens (tertiary/aromatic N) is 2. The van der Waals surface area contributed by atoms with Crippen LogP contribution in [0.3, 0.4) is 0 Å². The number of carbonyl (C=O) groups is 2. The fraction of sp³-hybridized carbons (Fsp3) is 0.172. The molecule has 0 saturated heterocycles. The van der Waals surface area contributed by atoms with Gasteiger partial charge in [0.05, 0.1) is 35.0 Å². The number of nitrogens with one attached hydrogen (secondary N) is 3. The van der Waals surface area contributed by atoms with E-state index < -0.39 is 18.0 Å². The number of carbonyl (C=O) groups excluding carboxylic acids is 2. The van der Waals surface area contributed by atoms with Gasteiger partial charge in [-0.1, -0.05) is 18.2 Å². The van der Waals surface area contributed by atoms with Crippen LogP contribution in [0, 0.1) is 11.3 Å². The molecule has 194 valence electrons. The molecule has 10 nitrogen and oxygen atoms in total. The molecule has 2 aliphatic heterocycles. The van der Waals surface area contributed by atoms with E-state index in [2.05, 4.69) is 26.7 Å². The van der Waals surface area contributed by atoms with E-state index in [9.17, 15) is 14.9 Å². The summed E-state index contributed by atoms with van der Waals surface area (Å²) in [4.78, 5) is 33.8. The van der Waals surface area contributed by atoms with Gasteiger partial charge in [-0.3, -0.25) is 4.98 Å². The van der Waals surface area contributed by atoms with Crippen LogP contribution < -0.4 is 20.1 Å². The summed E-state index contributed by atoms with van der Waals surface area (Å²) in [6, 6.07) is 15.3. The predicted octanol–water partition coefficient (Wildman–Crippen LogP) is 4.15. The van der Waals surface area contributed by atoms with Crippen LogP contribution in [-0.2, 0) is 22.6 Å². The lowest BCUT2D eigenvalue weighted by atomic mass is 9.93. The van der Waals surface area contributed by atoms with E-state index in [1.54, 1.807) is 42.9 Å². The third-order valence-electron chi connectivity index (χ3n) is 6.73. The van der Waals surface area contributed by atoms with Gasteiger partial charge in [0.15, 0.2) is 11.5 Å². The topological polar surface area (TPSA) is 138 Å². The van der Waals surface area contributed by atoms with E-state index in [0.717, 1.165) is 22.0 Å². The Hall–Kier alpha value is -5.30. The number of aromatic amines is 1. The van der Waals surface area contributed by atoms with Gasteiger partial charge in [0, 0.05) is 29.0 Å². The first-order valence-electron chi connectivity index (χ1n) is 12.4. The second-order valence-corrected chi connectivity index (χ2v) is 9.16. The lowest BCUT2D eigenvalue weighted by molar-refractivity contribution is -0.140. The molecule has 1 unspecified atom stereocenters. The monoisotopic (exact) mass is 521 g/mol. The van der Waals surface area contributed by atoms with Crippen molar-refractivity contribution >= 4 is 22.9 Å². The number of benzene rings is 2. The van der Waals surface area contributed by atoms with Crippen molar-refractivity contribution in [3.05, 3.63) is 101 Å². The highest BCUT2D eigenvalue weighted by molar-refractivity contribution is 5.97. The van der Waals surface area contributed by atoms with Crippen molar-refractivity contribution in [3.8, 4) is 17.6 Å². The first-order valence-corrected chi connectivity index (χ1v) is 12.4. The minimum absolute atomic E-state index is 0.0221. The van der Waals surface area contributed by atoms with Gasteiger partial charge in [0.25, 0.3) is 0 Å². The molecule has 2 amide bonds. The number of pyridine rings is 1. The number of urea groups is 1. The van der Waals surface area contributed by atoms with Gasteiger partial charge in [-0.25, -0.2) is 9.59 Å². The summed E-state index contributed by atoms with van der Waals surface area (Å²) >= 11 is 0. The van der Waals surface area contributed by atoms with Crippen LogP contribution in [-0.4, -0.2) is 28.8 Å². The largest absolute Gasteiger partial charge is 0.457 e. The maximum absolute atomic E-state index is 13.7. The molecule has 4 aromatic rings. The highest BCUT2D eigenvalue weighted by atomic mass is 16.7. The number of hydrogen-bond donors (Lipinski definition) is 3. The number of aromatic nitrogens is 2. The molecule has 0 bridgehead atoms. The van der Waals surface area contributed by atoms with Gasteiger partial charge in [0.2, 0.25) is 6.79 Å². The Bertz CT molecular complexity index is 1670. The SMILES string of the molecule is N#Cc1cccc(COC(=O)C2=C(CCc3ccc4c(c3)OCO4)NC(=O)NC2c2c[nH]c3cnccc23)c1. The van der Waals surface area contributed by atoms with E-state index in [1.165, 1.54) is 0 Å². The Kier molecular flexibility index (Phi) is 6.31. The second kappa shape index (κ2) is 10.2. The van der Waals surface area contributed by atoms with Crippen LogP contribution in [0.1, 0.15) is 34.7 Å². The molecule has 0 aliphatic carbocycles. The quantitative estimate of drug-likeness (QED) is 0.311. The summed E-state index contributed by atoms with van der Waals surface area (Å²) in [5, 5.41) is 15.8. The van der Waals surface area contributed by atoms with Crippen LogP contribution in [0.5, 0.6) is 11.5 Å². The predicted molar refractivity (Wildman–Crippen MR) is 139 cm³/mol. The summed E-state index contributed by atoms with van der Waals surface area (Å²) < 4.78 is 16.6. The Morgan fingerprint density at radius 2 is 2.00 bits per heavy atom. The summed E-state index contributed by atoms with van der Waals surface area (Å²) in [5.41, 5.74) is 4.42. The van der Waals surface area contributed by atoms with E-state index in [4.69, 9.17) is 14.2 Å². The number of allylic oxidation sites excluding steroid dienone is 1. The van der Waals surface area contributed by atoms with E-state index in [0.29, 0.717) is 46.7 Å². The zero-order valence-electron chi connectivity index (χ0n) is 20.7. The summed E-state index contributed by atoms with van der Waals surface area (Å²) in [6.45, 7) is 0.159. The molecule has 0 spiro atoms. The van der Waals surface area contributed by atoms with Crippen LogP contribution in [0.15, 0.2) is 78.4 Å². The van der Waals surface area contributed by atoms with Gasteiger partial charge < -0.3 is 29.8 Å². The summed E-state index contributed by atoms with van der Waals surface area (Å²) in [5.74, 6) is 0.783. The minimum Gasteiger partial charge on any atom is -0.457 e. The first-order chi connectivity index (χ1) is 19.1. The molecular weight excluding hydrogens is 498 g/mol. The van der Waals surface area contributed by atoms with Crippen LogP contribution in [0.4, 0.5) is 4.79 Å². The Morgan fingerprint density at radius 1 is 1.10 bits per heavy atom. The molecule has 10 heteroatoms. The van der Waals surface area contributed by atoms with Gasteiger partial charge in [-0.2, -0.15) is 5.26 Å². The number of esters is 1. The highest BCUT2D eigenvalue weighted by Crippen LogP contribution is 2.35. The van der Waals surface area contributed by atoms with Gasteiger partial charge in [0.1, 0.15) is 6.61 Å². The van der Waals surface area contributed by atoms with Crippen LogP contribution in [0.2, 0.25) is 0 Å². The molecular formula is C29H23N5O5. The molecule has 2 aromatic carbocycles. The number of ether oxygens (including phenoxy) is 3. The lowest BCUT2D eigenvalue weighted by Gasteiger charge is -2.29. The molecule has 6 rings (SSSR count). The molecule has 39 heavy (non-hydrogen) atoms. The lowest BCUT2D eigenvalue weighted by Crippen LogP contribution is -2.46.